The molecule has 1 atom stereocenters. The molecule has 0 bridgehead atoms. The molecule has 8 nitrogen and oxygen atoms in total. The number of thioether (sulfide) groups is 1. The molecule has 1 unspecified atom stereocenters. The molecule has 0 N–H and O–H groups in total. The number of aromatic nitrogens is 3. The Balaban J connectivity index is 1.29. The van der Waals surface area contributed by atoms with Crippen LogP contribution >= 0.6 is 23.1 Å². The molecule has 1 aromatic carbocycles. The van der Waals surface area contributed by atoms with Gasteiger partial charge in [0.15, 0.2) is 10.9 Å². The quantitative estimate of drug-likeness (QED) is 0.361. The molecule has 10 heteroatoms. The highest BCUT2D eigenvalue weighted by molar-refractivity contribution is 7.99. The van der Waals surface area contributed by atoms with Gasteiger partial charge in [0.05, 0.1) is 22.6 Å². The van der Waals surface area contributed by atoms with E-state index in [0.717, 1.165) is 16.1 Å². The van der Waals surface area contributed by atoms with Crippen molar-refractivity contribution in [3.05, 3.63) is 70.6 Å². The van der Waals surface area contributed by atoms with E-state index in [4.69, 9.17) is 4.42 Å². The molecule has 2 amide bonds. The van der Waals surface area contributed by atoms with Gasteiger partial charge in [0, 0.05) is 25.7 Å². The van der Waals surface area contributed by atoms with Crippen LogP contribution in [0.4, 0.5) is 0 Å². The molecule has 180 valence electrons. The number of benzene rings is 1. The van der Waals surface area contributed by atoms with Crippen molar-refractivity contribution in [2.45, 2.75) is 25.0 Å². The van der Waals surface area contributed by atoms with E-state index in [0.29, 0.717) is 36.4 Å². The molecule has 0 saturated carbocycles. The van der Waals surface area contributed by atoms with E-state index in [1.807, 2.05) is 82.1 Å². The predicted molar refractivity (Wildman–Crippen MR) is 136 cm³/mol. The number of amides is 2. The number of carbonyl (C=O) groups excluding carboxylic acids is 2. The maximum Gasteiger partial charge on any atom is 0.264 e. The van der Waals surface area contributed by atoms with Crippen molar-refractivity contribution < 1.29 is 14.0 Å². The minimum Gasteiger partial charge on any atom is -0.461 e. The van der Waals surface area contributed by atoms with Gasteiger partial charge in [-0.15, -0.1) is 21.5 Å². The molecule has 35 heavy (non-hydrogen) atoms. The summed E-state index contributed by atoms with van der Waals surface area (Å²) in [6.07, 6.45) is 1.60. The Morgan fingerprint density at radius 1 is 1.14 bits per heavy atom. The lowest BCUT2D eigenvalue weighted by atomic mass is 10.2. The monoisotopic (exact) mass is 507 g/mol. The Hall–Kier alpha value is -3.37. The van der Waals surface area contributed by atoms with Gasteiger partial charge in [-0.05, 0) is 55.1 Å². The second kappa shape index (κ2) is 10.1. The van der Waals surface area contributed by atoms with E-state index < -0.39 is 0 Å². The van der Waals surface area contributed by atoms with Gasteiger partial charge >= 0.3 is 0 Å². The fourth-order valence-corrected chi connectivity index (χ4v) is 5.71. The van der Waals surface area contributed by atoms with E-state index in [1.165, 1.54) is 23.1 Å². The van der Waals surface area contributed by atoms with Crippen LogP contribution in [0.25, 0.3) is 17.3 Å². The molecule has 0 aliphatic carbocycles. The van der Waals surface area contributed by atoms with Crippen molar-refractivity contribution in [3.8, 4) is 17.3 Å². The third kappa shape index (κ3) is 4.89. The zero-order chi connectivity index (χ0) is 24.4. The number of carbonyl (C=O) groups is 2. The minimum absolute atomic E-state index is 0.0170. The molecule has 3 aromatic heterocycles. The SMILES string of the molecule is Cc1cccc(-n2c(SCC(=O)N3CCN(C(=O)c4cccs4)C(C)C3)nnc2-c2ccco2)c1. The average molecular weight is 508 g/mol. The van der Waals surface area contributed by atoms with Crippen LogP contribution in [0.2, 0.25) is 0 Å². The largest absolute Gasteiger partial charge is 0.461 e. The number of furan rings is 1. The Bertz CT molecular complexity index is 1320. The molecular formula is C25H25N5O3S2. The van der Waals surface area contributed by atoms with Crippen LogP contribution in [0.3, 0.4) is 0 Å². The van der Waals surface area contributed by atoms with Crippen LogP contribution < -0.4 is 0 Å². The zero-order valence-electron chi connectivity index (χ0n) is 19.5. The van der Waals surface area contributed by atoms with E-state index in [1.54, 1.807) is 6.26 Å². The van der Waals surface area contributed by atoms with Crippen LogP contribution in [0.5, 0.6) is 0 Å². The van der Waals surface area contributed by atoms with Gasteiger partial charge in [-0.1, -0.05) is 30.0 Å². The summed E-state index contributed by atoms with van der Waals surface area (Å²) in [5.41, 5.74) is 2.02. The van der Waals surface area contributed by atoms with Gasteiger partial charge in [-0.2, -0.15) is 0 Å². The predicted octanol–water partition coefficient (Wildman–Crippen LogP) is 4.36. The second-order valence-electron chi connectivity index (χ2n) is 8.41. The van der Waals surface area contributed by atoms with Crippen LogP contribution in [0.15, 0.2) is 69.7 Å². The minimum atomic E-state index is -0.0474. The lowest BCUT2D eigenvalue weighted by Gasteiger charge is -2.39. The fraction of sp³-hybridized carbons (Fsp3) is 0.280. The normalized spacial score (nSPS) is 16.0. The Morgan fingerprint density at radius 2 is 2.03 bits per heavy atom. The summed E-state index contributed by atoms with van der Waals surface area (Å²) in [6, 6.07) is 15.4. The third-order valence-electron chi connectivity index (χ3n) is 5.93. The molecule has 1 aliphatic rings. The van der Waals surface area contributed by atoms with Crippen LogP contribution in [0.1, 0.15) is 22.2 Å². The van der Waals surface area contributed by atoms with E-state index in [2.05, 4.69) is 10.2 Å². The molecule has 0 radical (unpaired) electrons. The lowest BCUT2D eigenvalue weighted by Crippen LogP contribution is -2.55. The Morgan fingerprint density at radius 3 is 2.74 bits per heavy atom. The van der Waals surface area contributed by atoms with E-state index in [-0.39, 0.29) is 23.6 Å². The second-order valence-corrected chi connectivity index (χ2v) is 10.3. The van der Waals surface area contributed by atoms with Crippen molar-refractivity contribution in [1.29, 1.82) is 0 Å². The summed E-state index contributed by atoms with van der Waals surface area (Å²) < 4.78 is 7.50. The lowest BCUT2D eigenvalue weighted by molar-refractivity contribution is -0.130. The number of hydrogen-bond acceptors (Lipinski definition) is 7. The smallest absolute Gasteiger partial charge is 0.264 e. The highest BCUT2D eigenvalue weighted by atomic mass is 32.2. The summed E-state index contributed by atoms with van der Waals surface area (Å²) in [4.78, 5) is 30.3. The molecule has 1 saturated heterocycles. The first-order valence-electron chi connectivity index (χ1n) is 11.3. The summed E-state index contributed by atoms with van der Waals surface area (Å²) in [6.45, 7) is 5.57. The van der Waals surface area contributed by atoms with Crippen LogP contribution in [-0.4, -0.2) is 67.8 Å². The average Bonchev–Trinajstić information content (AvgIpc) is 3.63. The molecule has 4 aromatic rings. The first-order valence-corrected chi connectivity index (χ1v) is 13.2. The standard InChI is InChI=1S/C25H25N5O3S2/c1-17-6-3-7-19(14-17)30-23(20-8-4-12-33-20)26-27-25(30)35-16-22(31)28-10-11-29(18(2)15-28)24(32)21-9-5-13-34-21/h3-9,12-14,18H,10-11,15-16H2,1-2H3. The van der Waals surface area contributed by atoms with Gasteiger partial charge in [0.25, 0.3) is 5.91 Å². The molecule has 1 aliphatic heterocycles. The van der Waals surface area contributed by atoms with Gasteiger partial charge in [0.1, 0.15) is 0 Å². The van der Waals surface area contributed by atoms with Crippen LogP contribution in [0, 0.1) is 6.92 Å². The van der Waals surface area contributed by atoms with E-state index >= 15 is 0 Å². The number of rotatable bonds is 6. The van der Waals surface area contributed by atoms with Crippen molar-refractivity contribution in [3.63, 3.8) is 0 Å². The van der Waals surface area contributed by atoms with Gasteiger partial charge in [-0.3, -0.25) is 14.2 Å². The molecule has 0 spiro atoms. The summed E-state index contributed by atoms with van der Waals surface area (Å²) in [7, 11) is 0. The summed E-state index contributed by atoms with van der Waals surface area (Å²) in [5.74, 6) is 1.48. The van der Waals surface area contributed by atoms with Crippen molar-refractivity contribution >= 4 is 34.9 Å². The number of piperazine rings is 1. The van der Waals surface area contributed by atoms with Crippen molar-refractivity contribution in [2.75, 3.05) is 25.4 Å². The van der Waals surface area contributed by atoms with Gasteiger partial charge in [0.2, 0.25) is 11.7 Å². The molecular weight excluding hydrogens is 482 g/mol. The number of hydrogen-bond donors (Lipinski definition) is 0. The molecule has 4 heterocycles. The summed E-state index contributed by atoms with van der Waals surface area (Å²) in [5, 5.41) is 11.2. The molecule has 5 rings (SSSR count). The summed E-state index contributed by atoms with van der Waals surface area (Å²) >= 11 is 2.80. The number of aryl methyl sites for hydroxylation is 1. The Kier molecular flexibility index (Phi) is 6.74. The van der Waals surface area contributed by atoms with E-state index in [9.17, 15) is 9.59 Å². The van der Waals surface area contributed by atoms with Crippen molar-refractivity contribution in [2.24, 2.45) is 0 Å². The van der Waals surface area contributed by atoms with Gasteiger partial charge in [-0.25, -0.2) is 0 Å². The van der Waals surface area contributed by atoms with Gasteiger partial charge < -0.3 is 14.2 Å². The highest BCUT2D eigenvalue weighted by Crippen LogP contribution is 2.29. The Labute approximate surface area is 211 Å². The van der Waals surface area contributed by atoms with Crippen molar-refractivity contribution in [1.82, 2.24) is 24.6 Å². The topological polar surface area (TPSA) is 84.5 Å². The maximum atomic E-state index is 13.1. The first kappa shape index (κ1) is 23.4. The fourth-order valence-electron chi connectivity index (χ4n) is 4.17. The third-order valence-corrected chi connectivity index (χ3v) is 7.70. The number of nitrogens with zero attached hydrogens (tertiary/aromatic N) is 5. The molecule has 1 fully saturated rings. The zero-order valence-corrected chi connectivity index (χ0v) is 21.1. The first-order chi connectivity index (χ1) is 17.0. The highest BCUT2D eigenvalue weighted by Gasteiger charge is 2.31. The van der Waals surface area contributed by atoms with Crippen LogP contribution in [-0.2, 0) is 4.79 Å². The maximum absolute atomic E-state index is 13.1. The number of thiophene rings is 1.